The zero-order chi connectivity index (χ0) is 22.3. The van der Waals surface area contributed by atoms with Gasteiger partial charge in [-0.05, 0) is 48.5 Å². The molecule has 0 bridgehead atoms. The number of imide groups is 1. The smallest absolute Gasteiger partial charge is 0.280 e. The van der Waals surface area contributed by atoms with Crippen LogP contribution in [0.2, 0.25) is 0 Å². The second-order valence-corrected chi connectivity index (χ2v) is 9.95. The molecule has 0 atom stereocenters. The number of aromatic nitrogens is 2. The first-order valence-electron chi connectivity index (χ1n) is 9.36. The van der Waals surface area contributed by atoms with Crippen molar-refractivity contribution >= 4 is 38.9 Å². The van der Waals surface area contributed by atoms with Crippen LogP contribution in [0.4, 0.5) is 5.69 Å². The topological polar surface area (TPSA) is 122 Å². The predicted octanol–water partition coefficient (Wildman–Crippen LogP) is 3.40. The van der Waals surface area contributed by atoms with Crippen molar-refractivity contribution in [3.63, 3.8) is 0 Å². The fourth-order valence-electron chi connectivity index (χ4n) is 3.27. The molecule has 2 amide bonds. The quantitative estimate of drug-likeness (QED) is 0.432. The number of carbonyl (C=O) groups excluding carboxylic acids is 2. The monoisotopic (exact) mass is 466 g/mol. The van der Waals surface area contributed by atoms with Crippen molar-refractivity contribution in [3.8, 4) is 11.3 Å². The highest BCUT2D eigenvalue weighted by atomic mass is 32.2. The molecule has 0 fully saturated rings. The lowest BCUT2D eigenvalue weighted by molar-refractivity contribution is 0.0642. The van der Waals surface area contributed by atoms with E-state index in [1.165, 1.54) is 18.5 Å². The molecule has 9 nitrogen and oxygen atoms in total. The summed E-state index contributed by atoms with van der Waals surface area (Å²) in [5.74, 6) is -0.361. The standard InChI is InChI=1S/C21H14N4O5S2/c26-20-16-2-1-10-22-19(16)21(27)25(20)12-15-7-8-18(31-15)32(28,29)24-14-5-3-13(4-6-14)17-9-11-23-30-17/h1-11,24H,12H2. The summed E-state index contributed by atoms with van der Waals surface area (Å²) in [6.45, 7) is -0.0277. The molecule has 0 saturated carbocycles. The molecule has 1 aliphatic rings. The fourth-order valence-corrected chi connectivity index (χ4v) is 5.68. The van der Waals surface area contributed by atoms with E-state index in [1.54, 1.807) is 48.5 Å². The first-order valence-corrected chi connectivity index (χ1v) is 11.7. The molecule has 5 rings (SSSR count). The Morgan fingerprint density at radius 3 is 2.50 bits per heavy atom. The Morgan fingerprint density at radius 2 is 1.78 bits per heavy atom. The fraction of sp³-hybridized carbons (Fsp3) is 0.0476. The molecule has 160 valence electrons. The van der Waals surface area contributed by atoms with Gasteiger partial charge in [-0.3, -0.25) is 24.2 Å². The average Bonchev–Trinajstić information content (AvgIpc) is 3.53. The number of thiophene rings is 1. The molecule has 32 heavy (non-hydrogen) atoms. The number of sulfonamides is 1. The van der Waals surface area contributed by atoms with Gasteiger partial charge in [-0.2, -0.15) is 0 Å². The van der Waals surface area contributed by atoms with Gasteiger partial charge in [0.2, 0.25) is 0 Å². The van der Waals surface area contributed by atoms with Gasteiger partial charge in [-0.15, -0.1) is 11.3 Å². The number of nitrogens with zero attached hydrogens (tertiary/aromatic N) is 3. The van der Waals surface area contributed by atoms with Crippen LogP contribution in [-0.2, 0) is 16.6 Å². The summed E-state index contributed by atoms with van der Waals surface area (Å²) < 4.78 is 33.2. The van der Waals surface area contributed by atoms with Crippen molar-refractivity contribution in [1.82, 2.24) is 15.0 Å². The highest BCUT2D eigenvalue weighted by Gasteiger charge is 2.36. The molecular formula is C21H14N4O5S2. The number of hydrogen-bond acceptors (Lipinski definition) is 8. The largest absolute Gasteiger partial charge is 0.356 e. The number of rotatable bonds is 6. The van der Waals surface area contributed by atoms with E-state index in [4.69, 9.17) is 4.52 Å². The number of amides is 2. The minimum atomic E-state index is -3.84. The lowest BCUT2D eigenvalue weighted by Gasteiger charge is -2.11. The van der Waals surface area contributed by atoms with Crippen LogP contribution in [0.15, 0.2) is 75.7 Å². The van der Waals surface area contributed by atoms with Crippen molar-refractivity contribution in [1.29, 1.82) is 0 Å². The lowest BCUT2D eigenvalue weighted by Crippen LogP contribution is -2.28. The van der Waals surface area contributed by atoms with E-state index in [0.29, 0.717) is 16.3 Å². The van der Waals surface area contributed by atoms with Crippen LogP contribution in [0, 0.1) is 0 Å². The van der Waals surface area contributed by atoms with Crippen molar-refractivity contribution in [2.24, 2.45) is 0 Å². The van der Waals surface area contributed by atoms with Gasteiger partial charge in [0.05, 0.1) is 18.3 Å². The lowest BCUT2D eigenvalue weighted by atomic mass is 10.1. The van der Waals surface area contributed by atoms with Crippen molar-refractivity contribution in [2.75, 3.05) is 4.72 Å². The number of anilines is 1. The second kappa shape index (κ2) is 7.70. The third-order valence-electron chi connectivity index (χ3n) is 4.81. The summed E-state index contributed by atoms with van der Waals surface area (Å²) in [5.41, 5.74) is 1.50. The number of pyridine rings is 1. The highest BCUT2D eigenvalue weighted by molar-refractivity contribution is 7.94. The van der Waals surface area contributed by atoms with Gasteiger partial charge >= 0.3 is 0 Å². The van der Waals surface area contributed by atoms with E-state index < -0.39 is 21.8 Å². The van der Waals surface area contributed by atoms with Gasteiger partial charge in [0.1, 0.15) is 9.90 Å². The van der Waals surface area contributed by atoms with Gasteiger partial charge in [0, 0.05) is 28.4 Å². The highest BCUT2D eigenvalue weighted by Crippen LogP contribution is 2.29. The normalized spacial score (nSPS) is 13.4. The van der Waals surface area contributed by atoms with Crippen LogP contribution in [0.1, 0.15) is 25.7 Å². The minimum Gasteiger partial charge on any atom is -0.356 e. The van der Waals surface area contributed by atoms with Crippen molar-refractivity contribution in [2.45, 2.75) is 10.8 Å². The van der Waals surface area contributed by atoms with Gasteiger partial charge in [-0.25, -0.2) is 8.42 Å². The first kappa shape index (κ1) is 20.1. The molecule has 0 saturated heterocycles. The van der Waals surface area contributed by atoms with Crippen LogP contribution in [-0.4, -0.2) is 35.3 Å². The van der Waals surface area contributed by atoms with E-state index in [0.717, 1.165) is 21.8 Å². The van der Waals surface area contributed by atoms with Crippen LogP contribution in [0.3, 0.4) is 0 Å². The van der Waals surface area contributed by atoms with Gasteiger partial charge in [0.15, 0.2) is 5.76 Å². The molecular weight excluding hydrogens is 452 g/mol. The maximum absolute atomic E-state index is 12.8. The summed E-state index contributed by atoms with van der Waals surface area (Å²) in [6, 6.07) is 14.5. The summed E-state index contributed by atoms with van der Waals surface area (Å²) in [4.78, 5) is 30.6. The van der Waals surface area contributed by atoms with E-state index in [-0.39, 0.29) is 22.0 Å². The molecule has 11 heteroatoms. The van der Waals surface area contributed by atoms with E-state index in [9.17, 15) is 18.0 Å². The first-order chi connectivity index (χ1) is 15.4. The zero-order valence-electron chi connectivity index (χ0n) is 16.3. The zero-order valence-corrected chi connectivity index (χ0v) is 17.9. The Labute approximate surface area is 186 Å². The van der Waals surface area contributed by atoms with Crippen LogP contribution >= 0.6 is 11.3 Å². The molecule has 0 spiro atoms. The van der Waals surface area contributed by atoms with Crippen molar-refractivity contribution in [3.05, 3.63) is 83.1 Å². The molecule has 0 aliphatic carbocycles. The van der Waals surface area contributed by atoms with E-state index in [1.807, 2.05) is 0 Å². The molecule has 3 aromatic heterocycles. The summed E-state index contributed by atoms with van der Waals surface area (Å²) in [7, 11) is -3.84. The maximum atomic E-state index is 12.8. The minimum absolute atomic E-state index is 0.0277. The number of benzene rings is 1. The second-order valence-electron chi connectivity index (χ2n) is 6.88. The Kier molecular flexibility index (Phi) is 4.83. The van der Waals surface area contributed by atoms with Gasteiger partial charge in [0.25, 0.3) is 21.8 Å². The Hall–Kier alpha value is -3.83. The van der Waals surface area contributed by atoms with Crippen LogP contribution in [0.5, 0.6) is 0 Å². The third kappa shape index (κ3) is 3.57. The maximum Gasteiger partial charge on any atom is 0.280 e. The Balaban J connectivity index is 1.31. The molecule has 1 aliphatic heterocycles. The van der Waals surface area contributed by atoms with Crippen LogP contribution < -0.4 is 4.72 Å². The van der Waals surface area contributed by atoms with Gasteiger partial charge < -0.3 is 4.52 Å². The number of hydrogen-bond donors (Lipinski definition) is 1. The summed E-state index contributed by atoms with van der Waals surface area (Å²) >= 11 is 0.990. The molecule has 0 unspecified atom stereocenters. The SMILES string of the molecule is O=C1c2cccnc2C(=O)N1Cc1ccc(S(=O)(=O)Nc2ccc(-c3ccno3)cc2)s1. The molecule has 4 aromatic rings. The molecule has 1 N–H and O–H groups in total. The van der Waals surface area contributed by atoms with E-state index in [2.05, 4.69) is 14.9 Å². The van der Waals surface area contributed by atoms with Crippen LogP contribution in [0.25, 0.3) is 11.3 Å². The number of nitrogens with one attached hydrogen (secondary N) is 1. The molecule has 4 heterocycles. The third-order valence-corrected chi connectivity index (χ3v) is 7.75. The molecule has 0 radical (unpaired) electrons. The number of fused-ring (bicyclic) bond motifs is 1. The summed E-state index contributed by atoms with van der Waals surface area (Å²) in [5, 5.41) is 3.65. The van der Waals surface area contributed by atoms with Crippen molar-refractivity contribution < 1.29 is 22.5 Å². The molecule has 1 aromatic carbocycles. The Bertz CT molecular complexity index is 1390. The average molecular weight is 467 g/mol. The summed E-state index contributed by atoms with van der Waals surface area (Å²) in [6.07, 6.45) is 2.98. The van der Waals surface area contributed by atoms with Gasteiger partial charge in [-0.1, -0.05) is 5.16 Å². The Morgan fingerprint density at radius 1 is 0.969 bits per heavy atom. The van der Waals surface area contributed by atoms with E-state index >= 15 is 0 Å². The number of carbonyl (C=O) groups is 2. The predicted molar refractivity (Wildman–Crippen MR) is 116 cm³/mol.